The molecule has 112 valence electrons. The number of primary sulfonamides is 1. The van der Waals surface area contributed by atoms with Crippen LogP contribution in [0.1, 0.15) is 5.56 Å². The number of nitrogens with zero attached hydrogens (tertiary/aromatic N) is 1. The number of ether oxygens (including phenoxy) is 1. The van der Waals surface area contributed by atoms with Crippen molar-refractivity contribution in [3.05, 3.63) is 23.5 Å². The second kappa shape index (κ2) is 5.65. The largest absolute Gasteiger partial charge is 0.394 e. The molecule has 0 radical (unpaired) electrons. The van der Waals surface area contributed by atoms with Crippen LogP contribution in [0.25, 0.3) is 0 Å². The molecule has 1 aromatic carbocycles. The van der Waals surface area contributed by atoms with Gasteiger partial charge in [0.1, 0.15) is 4.90 Å². The molecule has 0 amide bonds. The fraction of sp³-hybridized carbons (Fsp3) is 0.500. The zero-order valence-corrected chi connectivity index (χ0v) is 11.9. The highest BCUT2D eigenvalue weighted by Gasteiger charge is 2.28. The van der Waals surface area contributed by atoms with E-state index in [0.717, 1.165) is 0 Å². The van der Waals surface area contributed by atoms with Gasteiger partial charge in [0.25, 0.3) is 0 Å². The fourth-order valence-electron chi connectivity index (χ4n) is 2.20. The first-order valence-electron chi connectivity index (χ1n) is 6.14. The van der Waals surface area contributed by atoms with E-state index < -0.39 is 21.9 Å². The van der Waals surface area contributed by atoms with Crippen LogP contribution in [0.15, 0.2) is 17.0 Å². The lowest BCUT2D eigenvalue weighted by Gasteiger charge is -2.35. The van der Waals surface area contributed by atoms with E-state index >= 15 is 0 Å². The Morgan fingerprint density at radius 1 is 1.55 bits per heavy atom. The predicted octanol–water partition coefficient (Wildman–Crippen LogP) is -0.0210. The number of hydrogen-bond donors (Lipinski definition) is 2. The van der Waals surface area contributed by atoms with Crippen LogP contribution in [0, 0.1) is 12.7 Å². The Hall–Kier alpha value is -1.22. The average Bonchev–Trinajstić information content (AvgIpc) is 2.40. The van der Waals surface area contributed by atoms with E-state index in [1.807, 2.05) is 0 Å². The molecule has 3 N–H and O–H groups in total. The van der Waals surface area contributed by atoms with E-state index in [1.165, 1.54) is 12.1 Å². The van der Waals surface area contributed by atoms with Crippen molar-refractivity contribution in [2.24, 2.45) is 5.14 Å². The molecule has 20 heavy (non-hydrogen) atoms. The third-order valence-corrected chi connectivity index (χ3v) is 4.18. The zero-order valence-electron chi connectivity index (χ0n) is 11.0. The number of anilines is 1. The van der Waals surface area contributed by atoms with Crippen LogP contribution in [0.4, 0.5) is 10.1 Å². The molecule has 0 spiro atoms. The first kappa shape index (κ1) is 15.2. The summed E-state index contributed by atoms with van der Waals surface area (Å²) in [5, 5.41) is 14.3. The number of hydrogen-bond acceptors (Lipinski definition) is 5. The van der Waals surface area contributed by atoms with E-state index in [0.29, 0.717) is 12.1 Å². The van der Waals surface area contributed by atoms with E-state index in [2.05, 4.69) is 0 Å². The molecule has 0 aliphatic carbocycles. The Balaban J connectivity index is 2.51. The molecule has 1 unspecified atom stereocenters. The molecule has 0 saturated carbocycles. The van der Waals surface area contributed by atoms with Crippen LogP contribution in [-0.2, 0) is 14.8 Å². The van der Waals surface area contributed by atoms with Gasteiger partial charge in [-0.05, 0) is 18.6 Å². The van der Waals surface area contributed by atoms with E-state index in [9.17, 15) is 12.8 Å². The van der Waals surface area contributed by atoms with Gasteiger partial charge in [-0.15, -0.1) is 0 Å². The molecule has 8 heteroatoms. The molecule has 1 fully saturated rings. The summed E-state index contributed by atoms with van der Waals surface area (Å²) in [4.78, 5) is 1.30. The zero-order chi connectivity index (χ0) is 14.9. The lowest BCUT2D eigenvalue weighted by atomic mass is 10.1. The van der Waals surface area contributed by atoms with Gasteiger partial charge in [0.2, 0.25) is 10.0 Å². The van der Waals surface area contributed by atoms with Gasteiger partial charge in [-0.2, -0.15) is 0 Å². The van der Waals surface area contributed by atoms with Crippen molar-refractivity contribution in [1.29, 1.82) is 0 Å². The maximum atomic E-state index is 14.3. The smallest absolute Gasteiger partial charge is 0.240 e. The van der Waals surface area contributed by atoms with Gasteiger partial charge in [0.05, 0.1) is 25.0 Å². The molecule has 2 rings (SSSR count). The van der Waals surface area contributed by atoms with Crippen molar-refractivity contribution in [2.45, 2.75) is 17.9 Å². The molecular weight excluding hydrogens is 287 g/mol. The molecule has 1 heterocycles. The van der Waals surface area contributed by atoms with Crippen molar-refractivity contribution >= 4 is 15.7 Å². The van der Waals surface area contributed by atoms with Gasteiger partial charge in [-0.25, -0.2) is 17.9 Å². The van der Waals surface area contributed by atoms with Crippen LogP contribution >= 0.6 is 0 Å². The Kier molecular flexibility index (Phi) is 4.28. The van der Waals surface area contributed by atoms with E-state index in [4.69, 9.17) is 15.0 Å². The third-order valence-electron chi connectivity index (χ3n) is 3.24. The normalized spacial score (nSPS) is 20.2. The van der Waals surface area contributed by atoms with E-state index in [1.54, 1.807) is 11.8 Å². The number of aryl methyl sites for hydroxylation is 1. The second-order valence-electron chi connectivity index (χ2n) is 4.71. The minimum atomic E-state index is -4.03. The summed E-state index contributed by atoms with van der Waals surface area (Å²) in [6.45, 7) is 2.16. The molecule has 1 saturated heterocycles. The highest BCUT2D eigenvalue weighted by Crippen LogP contribution is 2.31. The summed E-state index contributed by atoms with van der Waals surface area (Å²) < 4.78 is 42.9. The summed E-state index contributed by atoms with van der Waals surface area (Å²) in [5.74, 6) is -0.616. The van der Waals surface area contributed by atoms with Crippen molar-refractivity contribution in [3.8, 4) is 0 Å². The number of benzene rings is 1. The summed E-state index contributed by atoms with van der Waals surface area (Å²) in [6.07, 6.45) is -0.475. The number of aliphatic hydroxyl groups is 1. The highest BCUT2D eigenvalue weighted by molar-refractivity contribution is 7.89. The molecule has 1 aromatic rings. The Bertz CT molecular complexity index is 606. The minimum Gasteiger partial charge on any atom is -0.394 e. The van der Waals surface area contributed by atoms with Gasteiger partial charge < -0.3 is 14.7 Å². The number of sulfonamides is 1. The maximum Gasteiger partial charge on any atom is 0.240 e. The van der Waals surface area contributed by atoms with Crippen LogP contribution in [0.5, 0.6) is 0 Å². The lowest BCUT2D eigenvalue weighted by Crippen LogP contribution is -2.45. The van der Waals surface area contributed by atoms with E-state index in [-0.39, 0.29) is 30.3 Å². The molecule has 0 bridgehead atoms. The molecule has 1 aliphatic heterocycles. The topological polar surface area (TPSA) is 92.9 Å². The Labute approximate surface area is 117 Å². The Morgan fingerprint density at radius 3 is 2.85 bits per heavy atom. The summed E-state index contributed by atoms with van der Waals surface area (Å²) in [6, 6.07) is 2.68. The second-order valence-corrected chi connectivity index (χ2v) is 6.24. The van der Waals surface area contributed by atoms with Gasteiger partial charge in [0, 0.05) is 13.1 Å². The monoisotopic (exact) mass is 304 g/mol. The number of aliphatic hydroxyl groups excluding tert-OH is 1. The summed E-state index contributed by atoms with van der Waals surface area (Å²) >= 11 is 0. The maximum absolute atomic E-state index is 14.3. The standard InChI is InChI=1S/C12H17FN2O4S/c1-8-2-3-10(20(14,17)18)12(11(8)13)15-4-5-19-9(6-15)7-16/h2-3,9,16H,4-7H2,1H3,(H2,14,17,18). The molecule has 0 aromatic heterocycles. The van der Waals surface area contributed by atoms with Crippen LogP contribution < -0.4 is 10.0 Å². The quantitative estimate of drug-likeness (QED) is 0.818. The molecule has 1 aliphatic rings. The number of rotatable bonds is 3. The van der Waals surface area contributed by atoms with Crippen LogP contribution in [0.3, 0.4) is 0 Å². The molecule has 6 nitrogen and oxygen atoms in total. The third kappa shape index (κ3) is 2.93. The summed E-state index contributed by atoms with van der Waals surface area (Å²) in [7, 11) is -4.03. The fourth-order valence-corrected chi connectivity index (χ4v) is 2.95. The van der Waals surface area contributed by atoms with Gasteiger partial charge in [-0.3, -0.25) is 0 Å². The van der Waals surface area contributed by atoms with Crippen molar-refractivity contribution < 1.29 is 22.7 Å². The highest BCUT2D eigenvalue weighted by atomic mass is 32.2. The van der Waals surface area contributed by atoms with Gasteiger partial charge in [0.15, 0.2) is 5.82 Å². The SMILES string of the molecule is Cc1ccc(S(N)(=O)=O)c(N2CCOC(CO)C2)c1F. The average molecular weight is 304 g/mol. The number of halogens is 1. The Morgan fingerprint density at radius 2 is 2.25 bits per heavy atom. The van der Waals surface area contributed by atoms with Gasteiger partial charge in [-0.1, -0.05) is 6.07 Å². The lowest BCUT2D eigenvalue weighted by molar-refractivity contribution is 0.00326. The number of nitrogens with two attached hydrogens (primary N) is 1. The van der Waals surface area contributed by atoms with Crippen molar-refractivity contribution in [1.82, 2.24) is 0 Å². The first-order chi connectivity index (χ1) is 9.34. The predicted molar refractivity (Wildman–Crippen MR) is 71.5 cm³/mol. The van der Waals surface area contributed by atoms with Crippen LogP contribution in [-0.4, -0.2) is 45.9 Å². The number of morpholine rings is 1. The summed E-state index contributed by atoms with van der Waals surface area (Å²) in [5.41, 5.74) is 0.286. The minimum absolute atomic E-state index is 0.0470. The van der Waals surface area contributed by atoms with Crippen molar-refractivity contribution in [3.63, 3.8) is 0 Å². The molecule has 1 atom stereocenters. The van der Waals surface area contributed by atoms with Crippen LogP contribution in [0.2, 0.25) is 0 Å². The van der Waals surface area contributed by atoms with Gasteiger partial charge >= 0.3 is 0 Å². The van der Waals surface area contributed by atoms with Crippen molar-refractivity contribution in [2.75, 3.05) is 31.2 Å². The first-order valence-corrected chi connectivity index (χ1v) is 7.68. The molecular formula is C12H17FN2O4S.